The molecule has 1 aliphatic heterocycles. The number of carbonyl (C=O) groups is 2. The molecular formula is C26H39BN2O5. The van der Waals surface area contributed by atoms with Gasteiger partial charge < -0.3 is 25.0 Å². The Morgan fingerprint density at radius 1 is 1.12 bits per heavy atom. The van der Waals surface area contributed by atoms with Gasteiger partial charge in [-0.05, 0) is 60.8 Å². The molecule has 0 spiro atoms. The number of rotatable bonds is 8. The number of hydrogen-bond acceptors (Lipinski definition) is 4. The Kier molecular flexibility index (Phi) is 6.77. The van der Waals surface area contributed by atoms with Crippen LogP contribution >= 0.6 is 0 Å². The van der Waals surface area contributed by atoms with Gasteiger partial charge in [0.2, 0.25) is 5.91 Å². The van der Waals surface area contributed by atoms with Crippen molar-refractivity contribution in [3.05, 3.63) is 35.9 Å². The van der Waals surface area contributed by atoms with Crippen LogP contribution in [0.15, 0.2) is 30.3 Å². The molecule has 0 aromatic heterocycles. The fraction of sp³-hybridized carbons (Fsp3) is 0.692. The van der Waals surface area contributed by atoms with E-state index in [1.165, 1.54) is 5.56 Å². The Morgan fingerprint density at radius 3 is 2.38 bits per heavy atom. The smallest absolute Gasteiger partial charge is 0.465 e. The van der Waals surface area contributed by atoms with Crippen molar-refractivity contribution in [2.75, 3.05) is 0 Å². The van der Waals surface area contributed by atoms with Crippen LogP contribution in [0.2, 0.25) is 0 Å². The van der Waals surface area contributed by atoms with Crippen LogP contribution < -0.4 is 10.6 Å². The number of benzene rings is 1. The lowest BCUT2D eigenvalue weighted by atomic mass is 9.43. The summed E-state index contributed by atoms with van der Waals surface area (Å²) in [4.78, 5) is 24.5. The molecule has 1 unspecified atom stereocenters. The molecule has 7 nitrogen and oxygen atoms in total. The van der Waals surface area contributed by atoms with E-state index in [2.05, 4.69) is 50.5 Å². The summed E-state index contributed by atoms with van der Waals surface area (Å²) in [6, 6.07) is 9.33. The predicted molar refractivity (Wildman–Crippen MR) is 131 cm³/mol. The topological polar surface area (TPSA) is 96.9 Å². The predicted octanol–water partition coefficient (Wildman–Crippen LogP) is 4.22. The van der Waals surface area contributed by atoms with Crippen LogP contribution in [0, 0.1) is 23.2 Å². The molecule has 1 aromatic rings. The molecule has 3 aliphatic carbocycles. The molecule has 4 aliphatic rings. The normalized spacial score (nSPS) is 31.7. The quantitative estimate of drug-likeness (QED) is 0.495. The largest absolute Gasteiger partial charge is 0.481 e. The number of carboxylic acid groups (broad SMARTS) is 1. The highest BCUT2D eigenvalue weighted by Gasteiger charge is 2.68. The number of hydrogen-bond donors (Lipinski definition) is 3. The summed E-state index contributed by atoms with van der Waals surface area (Å²) in [6.45, 7) is 12.6. The summed E-state index contributed by atoms with van der Waals surface area (Å²) < 4.78 is 13.2. The van der Waals surface area contributed by atoms with E-state index in [9.17, 15) is 14.7 Å². The third kappa shape index (κ3) is 4.47. The third-order valence-electron chi connectivity index (χ3n) is 8.83. The Morgan fingerprint density at radius 2 is 1.79 bits per heavy atom. The van der Waals surface area contributed by atoms with Crippen LogP contribution in [-0.2, 0) is 14.1 Å². The minimum absolute atomic E-state index is 0.0127. The van der Waals surface area contributed by atoms with Gasteiger partial charge in [0.1, 0.15) is 6.04 Å². The SMILES string of the molecule is CC(C[C@H](NC(=O)[C@@H](NC(=O)O)C(C)C)B1O[C@@H]2C[C@@H]3C[C@@H](C3(C)C)[C@]2(C)O1)c1ccccc1. The molecule has 1 heterocycles. The van der Waals surface area contributed by atoms with Gasteiger partial charge in [-0.1, -0.05) is 65.0 Å². The van der Waals surface area contributed by atoms with Crippen molar-refractivity contribution in [3.63, 3.8) is 0 Å². The molecular weight excluding hydrogens is 431 g/mol. The minimum Gasteiger partial charge on any atom is -0.465 e. The maximum absolute atomic E-state index is 13.2. The number of carbonyl (C=O) groups excluding carboxylic acids is 1. The Bertz CT molecular complexity index is 910. The molecule has 5 rings (SSSR count). The van der Waals surface area contributed by atoms with Gasteiger partial charge in [-0.25, -0.2) is 4.79 Å². The highest BCUT2D eigenvalue weighted by Crippen LogP contribution is 2.65. The molecule has 8 heteroatoms. The van der Waals surface area contributed by atoms with E-state index in [1.54, 1.807) is 0 Å². The number of nitrogens with one attached hydrogen (secondary N) is 2. The van der Waals surface area contributed by atoms with E-state index in [0.29, 0.717) is 18.3 Å². The van der Waals surface area contributed by atoms with Gasteiger partial charge in [0.05, 0.1) is 17.6 Å². The van der Waals surface area contributed by atoms with Crippen molar-refractivity contribution in [1.29, 1.82) is 0 Å². The highest BCUT2D eigenvalue weighted by atomic mass is 16.7. The Balaban J connectivity index is 1.55. The summed E-state index contributed by atoms with van der Waals surface area (Å²) in [5.41, 5.74) is 1.03. The van der Waals surface area contributed by atoms with Crippen molar-refractivity contribution >= 4 is 19.1 Å². The fourth-order valence-electron chi connectivity index (χ4n) is 6.55. The summed E-state index contributed by atoms with van der Waals surface area (Å²) in [6.07, 6.45) is 1.56. The van der Waals surface area contributed by atoms with Gasteiger partial charge in [0.25, 0.3) is 0 Å². The van der Waals surface area contributed by atoms with E-state index in [-0.39, 0.29) is 34.9 Å². The molecule has 2 amide bonds. The maximum Gasteiger partial charge on any atom is 0.481 e. The molecule has 186 valence electrons. The van der Waals surface area contributed by atoms with E-state index < -0.39 is 25.2 Å². The van der Waals surface area contributed by atoms with Crippen molar-refractivity contribution in [3.8, 4) is 0 Å². The second kappa shape index (κ2) is 9.19. The van der Waals surface area contributed by atoms with Crippen LogP contribution in [0.4, 0.5) is 4.79 Å². The second-order valence-electron chi connectivity index (χ2n) is 11.7. The summed E-state index contributed by atoms with van der Waals surface area (Å²) in [7, 11) is -0.571. The lowest BCUT2D eigenvalue weighted by molar-refractivity contribution is -0.199. The lowest BCUT2D eigenvalue weighted by Gasteiger charge is -2.64. The van der Waals surface area contributed by atoms with Crippen LogP contribution in [0.5, 0.6) is 0 Å². The first-order valence-corrected chi connectivity index (χ1v) is 12.6. The molecule has 7 atom stereocenters. The lowest BCUT2D eigenvalue weighted by Crippen LogP contribution is -2.65. The minimum atomic E-state index is -1.21. The zero-order chi connectivity index (χ0) is 24.8. The maximum atomic E-state index is 13.2. The standard InChI is InChI=1S/C26H39BN2O5/c1-15(2)22(29-24(31)32)23(30)28-21(12-16(3)17-10-8-7-9-11-17)27-33-20-14-18-13-19(25(18,4)5)26(20,6)34-27/h7-11,15-16,18-22,29H,12-14H2,1-6H3,(H,28,30)(H,31,32)/t16?,18-,19-,20+,21-,22-,26-/m0/s1. The first-order chi connectivity index (χ1) is 15.9. The van der Waals surface area contributed by atoms with Crippen molar-refractivity contribution in [2.45, 2.75) is 90.4 Å². The van der Waals surface area contributed by atoms with Gasteiger partial charge in [0, 0.05) is 0 Å². The molecule has 1 aromatic carbocycles. The average Bonchev–Trinajstić information content (AvgIpc) is 3.14. The van der Waals surface area contributed by atoms with Crippen LogP contribution in [0.3, 0.4) is 0 Å². The van der Waals surface area contributed by atoms with Crippen molar-refractivity contribution < 1.29 is 24.0 Å². The first-order valence-electron chi connectivity index (χ1n) is 12.6. The molecule has 1 saturated heterocycles. The second-order valence-corrected chi connectivity index (χ2v) is 11.7. The van der Waals surface area contributed by atoms with E-state index in [1.807, 2.05) is 32.0 Å². The van der Waals surface area contributed by atoms with Gasteiger partial charge in [-0.2, -0.15) is 0 Å². The summed E-state index contributed by atoms with van der Waals surface area (Å²) in [5, 5.41) is 14.7. The zero-order valence-corrected chi connectivity index (χ0v) is 21.2. The highest BCUT2D eigenvalue weighted by molar-refractivity contribution is 6.48. The van der Waals surface area contributed by atoms with Gasteiger partial charge in [-0.15, -0.1) is 0 Å². The summed E-state index contributed by atoms with van der Waals surface area (Å²) in [5.74, 6) is 0.279. The molecule has 34 heavy (non-hydrogen) atoms. The van der Waals surface area contributed by atoms with Gasteiger partial charge in [-0.3, -0.25) is 4.79 Å². The van der Waals surface area contributed by atoms with Gasteiger partial charge in [0.15, 0.2) is 0 Å². The molecule has 3 N–H and O–H groups in total. The Hall–Kier alpha value is -2.06. The average molecular weight is 470 g/mol. The van der Waals surface area contributed by atoms with Crippen molar-refractivity contribution in [1.82, 2.24) is 10.6 Å². The molecule has 2 bridgehead atoms. The van der Waals surface area contributed by atoms with Crippen molar-refractivity contribution in [2.24, 2.45) is 23.2 Å². The first kappa shape index (κ1) is 25.1. The fourth-order valence-corrected chi connectivity index (χ4v) is 6.55. The monoisotopic (exact) mass is 470 g/mol. The molecule has 3 saturated carbocycles. The van der Waals surface area contributed by atoms with Crippen LogP contribution in [-0.4, -0.2) is 47.9 Å². The van der Waals surface area contributed by atoms with E-state index in [4.69, 9.17) is 9.31 Å². The zero-order valence-electron chi connectivity index (χ0n) is 21.2. The molecule has 0 radical (unpaired) electrons. The molecule has 4 fully saturated rings. The number of amides is 2. The van der Waals surface area contributed by atoms with Crippen LogP contribution in [0.25, 0.3) is 0 Å². The summed E-state index contributed by atoms with van der Waals surface area (Å²) >= 11 is 0. The van der Waals surface area contributed by atoms with E-state index >= 15 is 0 Å². The van der Waals surface area contributed by atoms with E-state index in [0.717, 1.165) is 12.8 Å². The van der Waals surface area contributed by atoms with Crippen LogP contribution in [0.1, 0.15) is 72.3 Å². The third-order valence-corrected chi connectivity index (χ3v) is 8.83. The Labute approximate surface area is 203 Å². The van der Waals surface area contributed by atoms with Gasteiger partial charge >= 0.3 is 13.2 Å².